The fourth-order valence-corrected chi connectivity index (χ4v) is 4.76. The number of carbonyl (C=O) groups excluding carboxylic acids is 2. The zero-order chi connectivity index (χ0) is 26.3. The van der Waals surface area contributed by atoms with E-state index < -0.39 is 28.5 Å². The minimum absolute atomic E-state index is 0.0585. The predicted octanol–water partition coefficient (Wildman–Crippen LogP) is 3.86. The van der Waals surface area contributed by atoms with E-state index in [1.807, 2.05) is 45.0 Å². The Labute approximate surface area is 216 Å². The normalized spacial score (nSPS) is 13.0. The molecular weight excluding hydrogens is 534 g/mol. The van der Waals surface area contributed by atoms with Crippen LogP contribution in [0.2, 0.25) is 0 Å². The molecule has 0 aliphatic heterocycles. The van der Waals surface area contributed by atoms with Crippen LogP contribution < -0.4 is 14.4 Å². The number of hydrogen-bond donors (Lipinski definition) is 1. The summed E-state index contributed by atoms with van der Waals surface area (Å²) in [5.41, 5.74) is 1.88. The Bertz CT molecular complexity index is 1160. The van der Waals surface area contributed by atoms with Gasteiger partial charge in [0.2, 0.25) is 21.8 Å². The Balaban J connectivity index is 2.46. The van der Waals surface area contributed by atoms with Crippen LogP contribution >= 0.6 is 15.9 Å². The van der Waals surface area contributed by atoms with E-state index in [9.17, 15) is 18.0 Å². The van der Waals surface area contributed by atoms with Gasteiger partial charge in [0, 0.05) is 17.1 Å². The van der Waals surface area contributed by atoms with Gasteiger partial charge in [-0.2, -0.15) is 0 Å². The van der Waals surface area contributed by atoms with Crippen LogP contribution in [0.4, 0.5) is 5.69 Å². The maximum Gasteiger partial charge on any atom is 0.244 e. The summed E-state index contributed by atoms with van der Waals surface area (Å²) in [5, 5.41) is 2.91. The first-order valence-electron chi connectivity index (χ1n) is 11.3. The Hall–Kier alpha value is -2.59. The number of aryl methyl sites for hydroxylation is 1. The summed E-state index contributed by atoms with van der Waals surface area (Å²) in [5.74, 6) is -0.484. The lowest BCUT2D eigenvalue weighted by Crippen LogP contribution is -2.52. The van der Waals surface area contributed by atoms with Gasteiger partial charge >= 0.3 is 0 Å². The zero-order valence-corrected chi connectivity index (χ0v) is 23.4. The minimum atomic E-state index is -3.85. The molecule has 10 heteroatoms. The molecule has 0 saturated carbocycles. The fraction of sp³-hybridized carbons (Fsp3) is 0.440. The van der Waals surface area contributed by atoms with E-state index >= 15 is 0 Å². The van der Waals surface area contributed by atoms with Crippen molar-refractivity contribution in [3.8, 4) is 5.75 Å². The van der Waals surface area contributed by atoms with Crippen LogP contribution in [0.1, 0.15) is 38.3 Å². The van der Waals surface area contributed by atoms with E-state index in [4.69, 9.17) is 4.74 Å². The third-order valence-corrected chi connectivity index (χ3v) is 7.31. The van der Waals surface area contributed by atoms with Crippen molar-refractivity contribution >= 4 is 43.5 Å². The summed E-state index contributed by atoms with van der Waals surface area (Å²) >= 11 is 3.43. The molecule has 0 fully saturated rings. The predicted molar refractivity (Wildman–Crippen MR) is 142 cm³/mol. The van der Waals surface area contributed by atoms with Crippen molar-refractivity contribution in [3.63, 3.8) is 0 Å². The van der Waals surface area contributed by atoms with Crippen LogP contribution in [0.15, 0.2) is 46.9 Å². The molecule has 0 radical (unpaired) electrons. The van der Waals surface area contributed by atoms with Gasteiger partial charge in [-0.3, -0.25) is 13.9 Å². The van der Waals surface area contributed by atoms with Gasteiger partial charge in [0.15, 0.2) is 0 Å². The van der Waals surface area contributed by atoms with E-state index in [-0.39, 0.29) is 24.2 Å². The SMILES string of the molecule is CC[C@@H](C)NC(=O)[C@H](C)N(Cc1cccc(Br)c1)C(=O)CN(c1cc(C)ccc1OC)S(C)(=O)=O. The molecule has 35 heavy (non-hydrogen) atoms. The Kier molecular flexibility index (Phi) is 10.1. The number of nitrogens with one attached hydrogen (secondary N) is 1. The molecule has 0 bridgehead atoms. The number of benzene rings is 2. The van der Waals surface area contributed by atoms with Crippen LogP contribution in [0.3, 0.4) is 0 Å². The van der Waals surface area contributed by atoms with Gasteiger partial charge in [0.1, 0.15) is 18.3 Å². The second-order valence-corrected chi connectivity index (χ2v) is 11.4. The molecular formula is C25H34BrN3O5S. The van der Waals surface area contributed by atoms with Crippen molar-refractivity contribution in [2.75, 3.05) is 24.2 Å². The molecule has 192 valence electrons. The lowest BCUT2D eigenvalue weighted by atomic mass is 10.1. The molecule has 0 unspecified atom stereocenters. The molecule has 0 aliphatic rings. The third kappa shape index (κ3) is 7.96. The Morgan fingerprint density at radius 2 is 1.83 bits per heavy atom. The topological polar surface area (TPSA) is 96.0 Å². The largest absolute Gasteiger partial charge is 0.495 e. The third-order valence-electron chi connectivity index (χ3n) is 5.69. The van der Waals surface area contributed by atoms with Gasteiger partial charge < -0.3 is 15.0 Å². The number of nitrogens with zero attached hydrogens (tertiary/aromatic N) is 2. The van der Waals surface area contributed by atoms with Crippen LogP contribution in [0.5, 0.6) is 5.75 Å². The van der Waals surface area contributed by atoms with Crippen LogP contribution in [0, 0.1) is 6.92 Å². The molecule has 0 aliphatic carbocycles. The first kappa shape index (κ1) is 28.6. The summed E-state index contributed by atoms with van der Waals surface area (Å²) in [6, 6.07) is 11.6. The van der Waals surface area contributed by atoms with Gasteiger partial charge in [-0.05, 0) is 62.6 Å². The summed E-state index contributed by atoms with van der Waals surface area (Å²) in [6.45, 7) is 6.97. The smallest absolute Gasteiger partial charge is 0.244 e. The molecule has 2 amide bonds. The number of anilines is 1. The second-order valence-electron chi connectivity index (χ2n) is 8.59. The Morgan fingerprint density at radius 3 is 2.40 bits per heavy atom. The van der Waals surface area contributed by atoms with Gasteiger partial charge in [-0.25, -0.2) is 8.42 Å². The van der Waals surface area contributed by atoms with Crippen molar-refractivity contribution in [2.24, 2.45) is 0 Å². The first-order valence-corrected chi connectivity index (χ1v) is 14.0. The molecule has 0 saturated heterocycles. The van der Waals surface area contributed by atoms with Gasteiger partial charge in [0.05, 0.1) is 19.1 Å². The Morgan fingerprint density at radius 1 is 1.14 bits per heavy atom. The molecule has 8 nitrogen and oxygen atoms in total. The molecule has 2 aromatic rings. The summed E-state index contributed by atoms with van der Waals surface area (Å²) in [6.07, 6.45) is 1.78. The van der Waals surface area contributed by atoms with Crippen molar-refractivity contribution < 1.29 is 22.7 Å². The number of carbonyl (C=O) groups is 2. The molecule has 0 aromatic heterocycles. The zero-order valence-electron chi connectivity index (χ0n) is 21.0. The lowest BCUT2D eigenvalue weighted by Gasteiger charge is -2.32. The number of halogens is 1. The maximum absolute atomic E-state index is 13.6. The van der Waals surface area contributed by atoms with E-state index in [2.05, 4.69) is 21.2 Å². The molecule has 0 heterocycles. The highest BCUT2D eigenvalue weighted by Gasteiger charge is 2.31. The van der Waals surface area contributed by atoms with Gasteiger partial charge in [0.25, 0.3) is 0 Å². The average molecular weight is 569 g/mol. The van der Waals surface area contributed by atoms with Crippen LogP contribution in [0.25, 0.3) is 0 Å². The van der Waals surface area contributed by atoms with Crippen molar-refractivity contribution in [1.82, 2.24) is 10.2 Å². The highest BCUT2D eigenvalue weighted by molar-refractivity contribution is 9.10. The number of methoxy groups -OCH3 is 1. The van der Waals surface area contributed by atoms with Crippen molar-refractivity contribution in [1.29, 1.82) is 0 Å². The number of sulfonamides is 1. The maximum atomic E-state index is 13.6. The van der Waals surface area contributed by atoms with Crippen molar-refractivity contribution in [2.45, 2.75) is 52.7 Å². The second kappa shape index (κ2) is 12.4. The number of rotatable bonds is 11. The number of amides is 2. The van der Waals surface area contributed by atoms with Gasteiger partial charge in [-0.15, -0.1) is 0 Å². The van der Waals surface area contributed by atoms with E-state index in [1.54, 1.807) is 25.1 Å². The van der Waals surface area contributed by atoms with Crippen LogP contribution in [-0.2, 0) is 26.2 Å². The average Bonchev–Trinajstić information content (AvgIpc) is 2.79. The first-order chi connectivity index (χ1) is 16.4. The van der Waals surface area contributed by atoms with E-state index in [1.165, 1.54) is 12.0 Å². The molecule has 2 aromatic carbocycles. The fourth-order valence-electron chi connectivity index (χ4n) is 3.47. The standard InChI is InChI=1S/C25H34BrN3O5S/c1-7-18(3)27-25(31)19(4)28(15-20-9-8-10-21(26)14-20)24(30)16-29(35(6,32)33)22-13-17(2)11-12-23(22)34-5/h8-14,18-19H,7,15-16H2,1-6H3,(H,27,31)/t18-,19+/m1/s1. The summed E-state index contributed by atoms with van der Waals surface area (Å²) in [4.78, 5) is 28.0. The summed E-state index contributed by atoms with van der Waals surface area (Å²) < 4.78 is 32.8. The molecule has 0 spiro atoms. The van der Waals surface area contributed by atoms with Crippen molar-refractivity contribution in [3.05, 3.63) is 58.1 Å². The summed E-state index contributed by atoms with van der Waals surface area (Å²) in [7, 11) is -2.40. The molecule has 1 N–H and O–H groups in total. The van der Waals surface area contributed by atoms with Gasteiger partial charge in [-0.1, -0.05) is 41.1 Å². The number of ether oxygens (including phenoxy) is 1. The van der Waals surface area contributed by atoms with E-state index in [0.717, 1.165) is 32.6 Å². The highest BCUT2D eigenvalue weighted by Crippen LogP contribution is 2.31. The minimum Gasteiger partial charge on any atom is -0.495 e. The molecule has 2 rings (SSSR count). The monoisotopic (exact) mass is 567 g/mol. The highest BCUT2D eigenvalue weighted by atomic mass is 79.9. The molecule has 2 atom stereocenters. The number of hydrogen-bond acceptors (Lipinski definition) is 5. The van der Waals surface area contributed by atoms with E-state index in [0.29, 0.717) is 5.75 Å². The quantitative estimate of drug-likeness (QED) is 0.444. The lowest BCUT2D eigenvalue weighted by molar-refractivity contribution is -0.139. The van der Waals surface area contributed by atoms with Crippen LogP contribution in [-0.4, -0.2) is 57.1 Å².